The van der Waals surface area contributed by atoms with Gasteiger partial charge in [-0.15, -0.1) is 0 Å². The van der Waals surface area contributed by atoms with Gasteiger partial charge in [0.05, 0.1) is 16.7 Å². The van der Waals surface area contributed by atoms with Crippen molar-refractivity contribution in [2.75, 3.05) is 5.75 Å². The van der Waals surface area contributed by atoms with E-state index in [-0.39, 0.29) is 29.2 Å². The van der Waals surface area contributed by atoms with E-state index in [4.69, 9.17) is 0 Å². The van der Waals surface area contributed by atoms with E-state index in [1.54, 1.807) is 18.2 Å². The van der Waals surface area contributed by atoms with Gasteiger partial charge in [-0.2, -0.15) is 10.1 Å². The Hall–Kier alpha value is -2.68. The van der Waals surface area contributed by atoms with Crippen LogP contribution in [0.1, 0.15) is 32.6 Å². The highest BCUT2D eigenvalue weighted by Gasteiger charge is 2.23. The number of hydrogen-bond acceptors (Lipinski definition) is 6. The van der Waals surface area contributed by atoms with Crippen LogP contribution in [0, 0.1) is 5.92 Å². The largest absolute Gasteiger partial charge is 0.352 e. The van der Waals surface area contributed by atoms with Crippen molar-refractivity contribution in [3.63, 3.8) is 0 Å². The second-order valence-corrected chi connectivity index (χ2v) is 8.03. The number of carbonyl (C=O) groups is 1. The molecule has 2 N–H and O–H groups in total. The molecule has 0 spiro atoms. The van der Waals surface area contributed by atoms with Gasteiger partial charge in [-0.1, -0.05) is 43.7 Å². The fourth-order valence-electron chi connectivity index (χ4n) is 3.61. The van der Waals surface area contributed by atoms with E-state index in [1.807, 2.05) is 6.07 Å². The molecule has 2 atom stereocenters. The minimum absolute atomic E-state index is 0.0460. The number of amides is 1. The van der Waals surface area contributed by atoms with Gasteiger partial charge in [0, 0.05) is 6.04 Å². The van der Waals surface area contributed by atoms with Gasteiger partial charge in [-0.3, -0.25) is 9.59 Å². The highest BCUT2D eigenvalue weighted by Crippen LogP contribution is 2.24. The fourth-order valence-corrected chi connectivity index (χ4v) is 4.42. The van der Waals surface area contributed by atoms with E-state index >= 15 is 0 Å². The number of benzene rings is 1. The summed E-state index contributed by atoms with van der Waals surface area (Å²) in [6, 6.07) is 7.36. The van der Waals surface area contributed by atoms with Crippen molar-refractivity contribution in [3.8, 4) is 5.95 Å². The van der Waals surface area contributed by atoms with E-state index in [2.05, 4.69) is 32.4 Å². The highest BCUT2D eigenvalue weighted by atomic mass is 32.2. The van der Waals surface area contributed by atoms with Crippen molar-refractivity contribution in [1.82, 2.24) is 30.0 Å². The van der Waals surface area contributed by atoms with E-state index in [0.29, 0.717) is 22.0 Å². The zero-order valence-corrected chi connectivity index (χ0v) is 16.4. The van der Waals surface area contributed by atoms with Gasteiger partial charge in [0.1, 0.15) is 6.33 Å². The fraction of sp³-hybridized carbons (Fsp3) is 0.421. The summed E-state index contributed by atoms with van der Waals surface area (Å²) in [6.45, 7) is 2.18. The molecule has 146 valence electrons. The molecule has 2 heterocycles. The number of H-pyrrole nitrogens is 1. The molecule has 9 heteroatoms. The first kappa shape index (κ1) is 18.7. The molecule has 1 amide bonds. The van der Waals surface area contributed by atoms with E-state index < -0.39 is 0 Å². The average molecular weight is 398 g/mol. The van der Waals surface area contributed by atoms with Crippen LogP contribution >= 0.6 is 11.8 Å². The van der Waals surface area contributed by atoms with Gasteiger partial charge in [0.2, 0.25) is 11.9 Å². The normalized spacial score (nSPS) is 19.6. The first-order chi connectivity index (χ1) is 13.6. The predicted octanol–water partition coefficient (Wildman–Crippen LogP) is 2.29. The van der Waals surface area contributed by atoms with Crippen LogP contribution < -0.4 is 10.9 Å². The van der Waals surface area contributed by atoms with Gasteiger partial charge >= 0.3 is 0 Å². The number of nitrogens with one attached hydrogen (secondary N) is 2. The Morgan fingerprint density at radius 3 is 2.93 bits per heavy atom. The predicted molar refractivity (Wildman–Crippen MR) is 108 cm³/mol. The lowest BCUT2D eigenvalue weighted by atomic mass is 9.86. The molecule has 1 aromatic carbocycles. The molecule has 0 unspecified atom stereocenters. The first-order valence-electron chi connectivity index (χ1n) is 9.43. The molecule has 8 nitrogen and oxygen atoms in total. The Morgan fingerprint density at radius 1 is 1.32 bits per heavy atom. The summed E-state index contributed by atoms with van der Waals surface area (Å²) in [7, 11) is 0. The molecule has 4 rings (SSSR count). The SMILES string of the molecule is C[C@@H]1CCCC[C@H]1NC(=O)CSc1nc2ccccc2c(=O)n1-c1ncn[nH]1. The lowest BCUT2D eigenvalue weighted by Crippen LogP contribution is -2.41. The minimum Gasteiger partial charge on any atom is -0.352 e. The number of thioether (sulfide) groups is 1. The standard InChI is InChI=1S/C19H22N6O2S/c1-12-6-2-4-8-14(12)22-16(26)10-28-19-23-15-9-5-3-7-13(15)17(27)25(19)18-20-11-21-24-18/h3,5,7,9,11-12,14H,2,4,6,8,10H2,1H3,(H,22,26)(H,20,21,24)/t12-,14-/m1/s1. The zero-order valence-electron chi connectivity index (χ0n) is 15.6. The smallest absolute Gasteiger partial charge is 0.269 e. The van der Waals surface area contributed by atoms with Gasteiger partial charge in [-0.05, 0) is 30.9 Å². The van der Waals surface area contributed by atoms with Crippen LogP contribution in [-0.4, -0.2) is 42.4 Å². The Bertz CT molecular complexity index is 1030. The molecule has 0 saturated heterocycles. The molecular weight excluding hydrogens is 376 g/mol. The number of rotatable bonds is 5. The van der Waals surface area contributed by atoms with Crippen LogP contribution in [0.4, 0.5) is 0 Å². The third-order valence-corrected chi connectivity index (χ3v) is 6.09. The Balaban J connectivity index is 1.58. The van der Waals surface area contributed by atoms with Crippen LogP contribution in [0.25, 0.3) is 16.9 Å². The number of hydrogen-bond donors (Lipinski definition) is 2. The van der Waals surface area contributed by atoms with Gasteiger partial charge in [0.25, 0.3) is 5.56 Å². The third kappa shape index (κ3) is 3.80. The second kappa shape index (κ2) is 8.14. The van der Waals surface area contributed by atoms with Crippen molar-refractivity contribution in [2.24, 2.45) is 5.92 Å². The summed E-state index contributed by atoms with van der Waals surface area (Å²) in [4.78, 5) is 34.1. The number of carbonyl (C=O) groups excluding carboxylic acids is 1. The maximum absolute atomic E-state index is 13.0. The summed E-state index contributed by atoms with van der Waals surface area (Å²) >= 11 is 1.22. The van der Waals surface area contributed by atoms with Gasteiger partial charge in [-0.25, -0.2) is 14.6 Å². The number of fused-ring (bicyclic) bond motifs is 1. The molecule has 1 aliphatic rings. The molecule has 1 fully saturated rings. The van der Waals surface area contributed by atoms with Crippen LogP contribution in [0.15, 0.2) is 40.5 Å². The number of nitrogens with zero attached hydrogens (tertiary/aromatic N) is 4. The molecule has 0 bridgehead atoms. The monoisotopic (exact) mass is 398 g/mol. The lowest BCUT2D eigenvalue weighted by molar-refractivity contribution is -0.119. The Labute approximate surface area is 166 Å². The quantitative estimate of drug-likeness (QED) is 0.505. The molecule has 0 radical (unpaired) electrons. The second-order valence-electron chi connectivity index (χ2n) is 7.09. The number of aromatic amines is 1. The maximum Gasteiger partial charge on any atom is 0.269 e. The third-order valence-electron chi connectivity index (χ3n) is 5.15. The molecule has 0 aliphatic heterocycles. The maximum atomic E-state index is 13.0. The van der Waals surface area contributed by atoms with Gasteiger partial charge < -0.3 is 5.32 Å². The Kier molecular flexibility index (Phi) is 5.43. The summed E-state index contributed by atoms with van der Waals surface area (Å²) in [6.07, 6.45) is 5.89. The van der Waals surface area contributed by atoms with E-state index in [0.717, 1.165) is 19.3 Å². The van der Waals surface area contributed by atoms with Crippen LogP contribution in [-0.2, 0) is 4.79 Å². The first-order valence-corrected chi connectivity index (χ1v) is 10.4. The van der Waals surface area contributed by atoms with Crippen molar-refractivity contribution >= 4 is 28.6 Å². The average Bonchev–Trinajstić information content (AvgIpc) is 3.22. The van der Waals surface area contributed by atoms with E-state index in [1.165, 1.54) is 29.1 Å². The number of aromatic nitrogens is 5. The summed E-state index contributed by atoms with van der Waals surface area (Å²) in [5.74, 6) is 0.915. The highest BCUT2D eigenvalue weighted by molar-refractivity contribution is 7.99. The molecule has 1 aliphatic carbocycles. The number of para-hydroxylation sites is 1. The summed E-state index contributed by atoms with van der Waals surface area (Å²) < 4.78 is 1.37. The van der Waals surface area contributed by atoms with E-state index in [9.17, 15) is 9.59 Å². The van der Waals surface area contributed by atoms with Crippen LogP contribution in [0.5, 0.6) is 0 Å². The summed E-state index contributed by atoms with van der Waals surface area (Å²) in [5.41, 5.74) is 0.346. The molecule has 2 aromatic heterocycles. The molecule has 1 saturated carbocycles. The van der Waals surface area contributed by atoms with Crippen LogP contribution in [0.2, 0.25) is 0 Å². The molecule has 28 heavy (non-hydrogen) atoms. The zero-order chi connectivity index (χ0) is 19.5. The van der Waals surface area contributed by atoms with Gasteiger partial charge in [0.15, 0.2) is 5.16 Å². The lowest BCUT2D eigenvalue weighted by Gasteiger charge is -2.29. The van der Waals surface area contributed by atoms with Crippen molar-refractivity contribution in [2.45, 2.75) is 43.8 Å². The van der Waals surface area contributed by atoms with Crippen LogP contribution in [0.3, 0.4) is 0 Å². The van der Waals surface area contributed by atoms with Crippen molar-refractivity contribution in [1.29, 1.82) is 0 Å². The topological polar surface area (TPSA) is 106 Å². The molecular formula is C19H22N6O2S. The molecule has 3 aromatic rings. The summed E-state index contributed by atoms with van der Waals surface area (Å²) in [5, 5.41) is 10.6. The minimum atomic E-state index is -0.244. The van der Waals surface area contributed by atoms with Crippen molar-refractivity contribution < 1.29 is 4.79 Å². The van der Waals surface area contributed by atoms with Crippen molar-refractivity contribution in [3.05, 3.63) is 40.9 Å². The Morgan fingerprint density at radius 2 is 2.14 bits per heavy atom.